The predicted octanol–water partition coefficient (Wildman–Crippen LogP) is 10.3. The molecule has 8 atom stereocenters. The summed E-state index contributed by atoms with van der Waals surface area (Å²) in [5.41, 5.74) is 3.13. The van der Waals surface area contributed by atoms with Gasteiger partial charge in [0.05, 0.1) is 22.4 Å². The van der Waals surface area contributed by atoms with Crippen molar-refractivity contribution in [2.75, 3.05) is 6.61 Å². The lowest BCUT2D eigenvalue weighted by Gasteiger charge is -2.65. The smallest absolute Gasteiger partial charge is 0.306 e. The first kappa shape index (κ1) is 45.7. The minimum atomic E-state index is -0.795. The number of carbonyl (C=O) groups excluding carboxylic acids is 3. The number of nitrogens with zero attached hydrogens (tertiary/aromatic N) is 2. The Morgan fingerprint density at radius 3 is 2.27 bits per heavy atom. The molecule has 6 rings (SSSR count). The molecular weight excluding hydrogens is 744 g/mol. The molecule has 10 heteroatoms. The number of aliphatic hydroxyl groups is 1. The average Bonchev–Trinajstić information content (AvgIpc) is 3.64. The van der Waals surface area contributed by atoms with Crippen molar-refractivity contribution in [2.24, 2.45) is 28.6 Å². The molecule has 8 nitrogen and oxygen atoms in total. The van der Waals surface area contributed by atoms with Crippen molar-refractivity contribution in [3.05, 3.63) is 51.8 Å². The summed E-state index contributed by atoms with van der Waals surface area (Å²) in [5, 5.41) is 17.0. The maximum Gasteiger partial charge on any atom is 0.306 e. The molecule has 4 aliphatic carbocycles. The van der Waals surface area contributed by atoms with E-state index in [1.165, 1.54) is 11.1 Å². The number of aromatic nitrogens is 2. The number of rotatable bonds is 6. The summed E-state index contributed by atoms with van der Waals surface area (Å²) >= 11 is 11.4. The molecule has 0 radical (unpaired) electrons. The Balaban J connectivity index is 0.000000581. The largest absolute Gasteiger partial charge is 0.458 e. The molecular formula is C42H64BrClN2O6. The first-order valence-electron chi connectivity index (χ1n) is 19.4. The molecule has 0 spiro atoms. The van der Waals surface area contributed by atoms with Crippen LogP contribution in [-0.4, -0.2) is 56.3 Å². The highest BCUT2D eigenvalue weighted by atomic mass is 79.9. The SMILES string of the molecule is CC.CC.CC.CCC(=O)OCC=O.CCC(=O)O[C@]1(C)C(C)CC2C3CCC4=Cc5nn(-c6cccc(Br)c6)cc5CC4(C)C3(Cl)C(O)CC21C. The lowest BCUT2D eigenvalue weighted by Crippen LogP contribution is -2.68. The Labute approximate surface area is 326 Å². The number of hydrogen-bond donors (Lipinski definition) is 1. The van der Waals surface area contributed by atoms with Crippen molar-refractivity contribution in [2.45, 2.75) is 145 Å². The molecule has 0 saturated heterocycles. The topological polar surface area (TPSA) is 108 Å². The van der Waals surface area contributed by atoms with Crippen molar-refractivity contribution in [3.63, 3.8) is 0 Å². The number of fused-ring (bicyclic) bond motifs is 6. The quantitative estimate of drug-likeness (QED) is 0.176. The van der Waals surface area contributed by atoms with Crippen molar-refractivity contribution >= 4 is 51.8 Å². The van der Waals surface area contributed by atoms with Gasteiger partial charge < -0.3 is 14.6 Å². The molecule has 3 saturated carbocycles. The van der Waals surface area contributed by atoms with Crippen molar-refractivity contribution in [1.82, 2.24) is 9.78 Å². The van der Waals surface area contributed by atoms with E-state index < -0.39 is 22.0 Å². The summed E-state index contributed by atoms with van der Waals surface area (Å²) in [6.45, 7) is 24.2. The first-order chi connectivity index (χ1) is 24.7. The standard InChI is InChI=1S/C31H38BrClN2O3.C5H8O3.3C2H6/c1-6-27(37)38-30(5)18(2)12-24-23-11-10-20-13-25-19(17-35(34-25)22-9-7-8-21(32)14-22)15-28(20,3)31(23,33)26(36)16-29(24,30)4;1-2-5(7)8-4-3-6;3*1-2/h7-9,13-14,17-18,23-24,26,36H,6,10-12,15-16H2,1-5H3;3H,2,4H2,1H3;3*1-2H3/t18?,23?,24?,26?,28?,29?,30-,31?;;;;/m1..../s1. The number of alkyl halides is 1. The minimum Gasteiger partial charge on any atom is -0.458 e. The number of aldehydes is 1. The Morgan fingerprint density at radius 1 is 1.06 bits per heavy atom. The van der Waals surface area contributed by atoms with Crippen molar-refractivity contribution < 1.29 is 29.0 Å². The Kier molecular flexibility index (Phi) is 16.9. The molecule has 1 N–H and O–H groups in total. The van der Waals surface area contributed by atoms with Gasteiger partial charge in [-0.1, -0.05) is 104 Å². The van der Waals surface area contributed by atoms with Crippen LogP contribution in [0.5, 0.6) is 0 Å². The van der Waals surface area contributed by atoms with Gasteiger partial charge in [-0.25, -0.2) is 4.68 Å². The van der Waals surface area contributed by atoms with Gasteiger partial charge in [-0.15, -0.1) is 11.6 Å². The van der Waals surface area contributed by atoms with Crippen LogP contribution < -0.4 is 0 Å². The molecule has 1 heterocycles. The number of hydrogen-bond acceptors (Lipinski definition) is 7. The van der Waals surface area contributed by atoms with Gasteiger partial charge in [0.1, 0.15) is 12.2 Å². The third kappa shape index (κ3) is 8.27. The summed E-state index contributed by atoms with van der Waals surface area (Å²) in [4.78, 5) is 31.5. The summed E-state index contributed by atoms with van der Waals surface area (Å²) in [6, 6.07) is 8.15. The molecule has 0 amide bonds. The zero-order valence-electron chi connectivity index (χ0n) is 33.6. The molecule has 52 heavy (non-hydrogen) atoms. The summed E-state index contributed by atoms with van der Waals surface area (Å²) in [6.07, 6.45) is 8.98. The Bertz CT molecular complexity index is 1540. The van der Waals surface area contributed by atoms with Crippen LogP contribution in [-0.2, 0) is 30.3 Å². The number of carbonyl (C=O) groups is 3. The molecule has 292 valence electrons. The van der Waals surface area contributed by atoms with Gasteiger partial charge in [0, 0.05) is 34.3 Å². The number of aliphatic hydroxyl groups excluding tert-OH is 1. The molecule has 1 aromatic heterocycles. The highest BCUT2D eigenvalue weighted by Crippen LogP contribution is 2.72. The van der Waals surface area contributed by atoms with E-state index in [0.29, 0.717) is 25.5 Å². The van der Waals surface area contributed by atoms with E-state index in [1.54, 1.807) is 6.92 Å². The van der Waals surface area contributed by atoms with E-state index in [0.717, 1.165) is 41.5 Å². The number of esters is 2. The average molecular weight is 808 g/mol. The maximum atomic E-state index is 12.5. The van der Waals surface area contributed by atoms with Crippen LogP contribution in [0.2, 0.25) is 0 Å². The van der Waals surface area contributed by atoms with Crippen LogP contribution in [0.4, 0.5) is 0 Å². The van der Waals surface area contributed by atoms with Gasteiger partial charge in [-0.3, -0.25) is 14.4 Å². The Hall–Kier alpha value is -2.49. The highest BCUT2D eigenvalue weighted by Gasteiger charge is 2.73. The highest BCUT2D eigenvalue weighted by molar-refractivity contribution is 9.10. The zero-order valence-corrected chi connectivity index (χ0v) is 36.0. The minimum absolute atomic E-state index is 0.118. The molecule has 7 unspecified atom stereocenters. The second kappa shape index (κ2) is 19.2. The molecule has 3 fully saturated rings. The van der Waals surface area contributed by atoms with E-state index in [1.807, 2.05) is 65.3 Å². The number of allylic oxidation sites excluding steroid dienone is 1. The van der Waals surface area contributed by atoms with E-state index >= 15 is 0 Å². The molecule has 0 aliphatic heterocycles. The van der Waals surface area contributed by atoms with Gasteiger partial charge in [-0.05, 0) is 86.6 Å². The normalized spacial score (nSPS) is 31.9. The number of ether oxygens (including phenoxy) is 2. The summed E-state index contributed by atoms with van der Waals surface area (Å²) in [5.74, 6) is 0.104. The monoisotopic (exact) mass is 806 g/mol. The lowest BCUT2D eigenvalue weighted by atomic mass is 9.45. The molecule has 0 bridgehead atoms. The van der Waals surface area contributed by atoms with Crippen LogP contribution in [0.15, 0.2) is 40.5 Å². The van der Waals surface area contributed by atoms with Crippen molar-refractivity contribution in [1.29, 1.82) is 0 Å². The van der Waals surface area contributed by atoms with Gasteiger partial charge in [0.2, 0.25) is 0 Å². The van der Waals surface area contributed by atoms with E-state index in [9.17, 15) is 19.5 Å². The van der Waals surface area contributed by atoms with E-state index in [4.69, 9.17) is 21.4 Å². The lowest BCUT2D eigenvalue weighted by molar-refractivity contribution is -0.195. The predicted molar refractivity (Wildman–Crippen MR) is 215 cm³/mol. The fourth-order valence-electron chi connectivity index (χ4n) is 9.08. The van der Waals surface area contributed by atoms with Crippen LogP contribution in [0.25, 0.3) is 11.8 Å². The molecule has 1 aromatic carbocycles. The third-order valence-corrected chi connectivity index (χ3v) is 13.3. The zero-order chi connectivity index (χ0) is 39.7. The third-order valence-electron chi connectivity index (χ3n) is 11.9. The van der Waals surface area contributed by atoms with Gasteiger partial charge in [0.15, 0.2) is 6.29 Å². The van der Waals surface area contributed by atoms with Gasteiger partial charge in [-0.2, -0.15) is 5.10 Å². The second-order valence-corrected chi connectivity index (χ2v) is 15.6. The Morgan fingerprint density at radius 2 is 1.69 bits per heavy atom. The van der Waals surface area contributed by atoms with Crippen LogP contribution >= 0.6 is 27.5 Å². The van der Waals surface area contributed by atoms with Crippen LogP contribution in [0.1, 0.15) is 133 Å². The van der Waals surface area contributed by atoms with Crippen LogP contribution in [0, 0.1) is 28.6 Å². The number of benzene rings is 1. The van der Waals surface area contributed by atoms with Crippen molar-refractivity contribution in [3.8, 4) is 5.69 Å². The van der Waals surface area contributed by atoms with E-state index in [2.05, 4.69) is 72.8 Å². The summed E-state index contributed by atoms with van der Waals surface area (Å²) in [7, 11) is 0. The number of halogens is 2. The molecule has 2 aromatic rings. The van der Waals surface area contributed by atoms with Gasteiger partial charge in [0.25, 0.3) is 0 Å². The fraction of sp³-hybridized carbons (Fsp3) is 0.667. The first-order valence-corrected chi connectivity index (χ1v) is 20.6. The molecule has 4 aliphatic rings. The van der Waals surface area contributed by atoms with Gasteiger partial charge >= 0.3 is 11.9 Å². The van der Waals surface area contributed by atoms with Crippen LogP contribution in [0.3, 0.4) is 0 Å². The fourth-order valence-corrected chi connectivity index (χ4v) is 10.00. The second-order valence-electron chi connectivity index (χ2n) is 14.1. The van der Waals surface area contributed by atoms with E-state index in [-0.39, 0.29) is 41.7 Å². The summed E-state index contributed by atoms with van der Waals surface area (Å²) < 4.78 is 13.5. The maximum absolute atomic E-state index is 12.5.